The molecule has 33 heavy (non-hydrogen) atoms. The highest BCUT2D eigenvalue weighted by Gasteiger charge is 2.35. The van der Waals surface area contributed by atoms with Crippen LogP contribution in [0.15, 0.2) is 24.3 Å². The number of nitrogens with one attached hydrogen (secondary N) is 1. The van der Waals surface area contributed by atoms with E-state index in [1.54, 1.807) is 33.1 Å². The fourth-order valence-electron chi connectivity index (χ4n) is 3.00. The van der Waals surface area contributed by atoms with Crippen LogP contribution in [-0.2, 0) is 11.0 Å². The van der Waals surface area contributed by atoms with E-state index in [2.05, 4.69) is 10.3 Å². The largest absolute Gasteiger partial charge is 0.493 e. The van der Waals surface area contributed by atoms with Gasteiger partial charge in [0.1, 0.15) is 11.8 Å². The Kier molecular flexibility index (Phi) is 8.48. The normalized spacial score (nSPS) is 11.2. The number of nitrogens with zero attached hydrogens (tertiary/aromatic N) is 4. The van der Waals surface area contributed by atoms with E-state index in [0.717, 1.165) is 6.07 Å². The Bertz CT molecular complexity index is 1030. The first kappa shape index (κ1) is 25.7. The molecule has 3 N–H and O–H groups in total. The third-order valence-corrected chi connectivity index (χ3v) is 4.86. The van der Waals surface area contributed by atoms with Crippen LogP contribution in [0.2, 0.25) is 0 Å². The molecule has 0 fully saturated rings. The number of hydrogen-bond donors (Lipinski definition) is 2. The van der Waals surface area contributed by atoms with Gasteiger partial charge in [-0.15, -0.1) is 0 Å². The van der Waals surface area contributed by atoms with Gasteiger partial charge in [0.2, 0.25) is 5.91 Å². The van der Waals surface area contributed by atoms with Crippen molar-refractivity contribution in [1.82, 2.24) is 14.8 Å². The molecule has 0 aliphatic heterocycles. The number of alkyl halides is 3. The number of rotatable bonds is 9. The Labute approximate surface area is 190 Å². The number of amides is 1. The second-order valence-corrected chi connectivity index (χ2v) is 7.62. The van der Waals surface area contributed by atoms with Gasteiger partial charge in [0.05, 0.1) is 35.8 Å². The zero-order valence-corrected chi connectivity index (χ0v) is 19.0. The summed E-state index contributed by atoms with van der Waals surface area (Å²) < 4.78 is 46.6. The number of aromatic nitrogens is 1. The lowest BCUT2D eigenvalue weighted by atomic mass is 10.0. The fraction of sp³-hybridized carbons (Fsp3) is 0.409. The lowest BCUT2D eigenvalue weighted by Crippen LogP contribution is -2.35. The molecule has 1 aromatic heterocycles. The fourth-order valence-corrected chi connectivity index (χ4v) is 3.00. The molecule has 0 saturated heterocycles. The van der Waals surface area contributed by atoms with Crippen LogP contribution in [0.3, 0.4) is 0 Å². The van der Waals surface area contributed by atoms with Gasteiger partial charge < -0.3 is 20.7 Å². The van der Waals surface area contributed by atoms with Gasteiger partial charge in [0.15, 0.2) is 5.69 Å². The maximum Gasteiger partial charge on any atom is 0.419 e. The van der Waals surface area contributed by atoms with Gasteiger partial charge in [-0.3, -0.25) is 9.69 Å². The molecular weight excluding hydrogens is 437 g/mol. The molecule has 2 rings (SSSR count). The minimum atomic E-state index is -4.65. The van der Waals surface area contributed by atoms with Gasteiger partial charge in [-0.2, -0.15) is 18.4 Å². The molecule has 1 amide bonds. The summed E-state index contributed by atoms with van der Waals surface area (Å²) in [6, 6.07) is 6.96. The first-order valence-corrected chi connectivity index (χ1v) is 10.1. The van der Waals surface area contributed by atoms with Crippen molar-refractivity contribution in [2.24, 2.45) is 0 Å². The minimum Gasteiger partial charge on any atom is -0.493 e. The molecule has 8 nitrogen and oxygen atoms in total. The Morgan fingerprint density at radius 3 is 2.55 bits per heavy atom. The molecule has 2 aromatic rings. The van der Waals surface area contributed by atoms with E-state index in [0.29, 0.717) is 18.7 Å². The zero-order valence-electron chi connectivity index (χ0n) is 19.0. The molecule has 0 aliphatic rings. The molecule has 0 spiro atoms. The van der Waals surface area contributed by atoms with Crippen LogP contribution in [0.1, 0.15) is 17.7 Å². The molecular formula is C22H27F3N6O2. The number of halogens is 3. The van der Waals surface area contributed by atoms with Crippen LogP contribution < -0.4 is 15.8 Å². The number of nitrogens with two attached hydrogens (primary N) is 1. The number of anilines is 2. The highest BCUT2D eigenvalue weighted by Crippen LogP contribution is 2.39. The number of carbonyl (C=O) groups excluding carboxylic acids is 1. The van der Waals surface area contributed by atoms with Crippen LogP contribution in [0.25, 0.3) is 11.3 Å². The van der Waals surface area contributed by atoms with Crippen molar-refractivity contribution in [2.75, 3.05) is 58.9 Å². The standard InChI is InChI=1S/C22H27F3N6O2/c1-28-17-11-16(29-18(12-26)21(17)27)14-6-7-19(15(10-14)22(23,24)25)33-9-5-8-31(4)13-20(32)30(2)3/h6-7,10-11H,5,8-9,13,27H2,1-4H3,(H,28,29). The molecule has 0 bridgehead atoms. The molecule has 11 heteroatoms. The Balaban J connectivity index is 2.19. The molecule has 0 radical (unpaired) electrons. The summed E-state index contributed by atoms with van der Waals surface area (Å²) in [6.45, 7) is 0.743. The van der Waals surface area contributed by atoms with Gasteiger partial charge in [-0.05, 0) is 37.7 Å². The molecule has 0 unspecified atom stereocenters. The van der Waals surface area contributed by atoms with Crippen LogP contribution in [0.4, 0.5) is 24.5 Å². The van der Waals surface area contributed by atoms with E-state index in [4.69, 9.17) is 10.5 Å². The van der Waals surface area contributed by atoms with Crippen molar-refractivity contribution in [3.63, 3.8) is 0 Å². The molecule has 1 heterocycles. The molecule has 0 aliphatic carbocycles. The van der Waals surface area contributed by atoms with Crippen molar-refractivity contribution >= 4 is 17.3 Å². The zero-order chi connectivity index (χ0) is 24.8. The summed E-state index contributed by atoms with van der Waals surface area (Å²) in [5.74, 6) is -0.367. The lowest BCUT2D eigenvalue weighted by Gasteiger charge is -2.19. The Morgan fingerprint density at radius 2 is 1.97 bits per heavy atom. The van der Waals surface area contributed by atoms with Gasteiger partial charge in [0, 0.05) is 33.3 Å². The van der Waals surface area contributed by atoms with Gasteiger partial charge >= 0.3 is 6.18 Å². The molecule has 0 atom stereocenters. The van der Waals surface area contributed by atoms with Crippen molar-refractivity contribution < 1.29 is 22.7 Å². The number of likely N-dealkylation sites (N-methyl/N-ethyl adjacent to an activating group) is 2. The van der Waals surface area contributed by atoms with E-state index in [1.165, 1.54) is 23.1 Å². The quantitative estimate of drug-likeness (QED) is 0.549. The predicted octanol–water partition coefficient (Wildman–Crippen LogP) is 3.05. The smallest absolute Gasteiger partial charge is 0.419 e. The molecule has 0 saturated carbocycles. The van der Waals surface area contributed by atoms with Crippen LogP contribution in [-0.4, -0.2) is 68.6 Å². The van der Waals surface area contributed by atoms with Crippen molar-refractivity contribution in [1.29, 1.82) is 5.26 Å². The summed E-state index contributed by atoms with van der Waals surface area (Å²) >= 11 is 0. The first-order chi connectivity index (χ1) is 15.5. The second-order valence-electron chi connectivity index (χ2n) is 7.62. The van der Waals surface area contributed by atoms with E-state index < -0.39 is 11.7 Å². The van der Waals surface area contributed by atoms with Crippen LogP contribution in [0, 0.1) is 11.3 Å². The van der Waals surface area contributed by atoms with Gasteiger partial charge in [-0.25, -0.2) is 4.98 Å². The van der Waals surface area contributed by atoms with Crippen molar-refractivity contribution in [3.8, 4) is 23.1 Å². The monoisotopic (exact) mass is 464 g/mol. The number of carbonyl (C=O) groups is 1. The Morgan fingerprint density at radius 1 is 1.27 bits per heavy atom. The van der Waals surface area contributed by atoms with Crippen LogP contribution >= 0.6 is 0 Å². The van der Waals surface area contributed by atoms with E-state index in [-0.39, 0.29) is 47.4 Å². The SMILES string of the molecule is CNc1cc(-c2ccc(OCCCN(C)CC(=O)N(C)C)c(C(F)(F)F)c2)nc(C#N)c1N. The Hall–Kier alpha value is -3.52. The first-order valence-electron chi connectivity index (χ1n) is 10.1. The lowest BCUT2D eigenvalue weighted by molar-refractivity contribution is -0.139. The summed E-state index contributed by atoms with van der Waals surface area (Å²) in [6.07, 6.45) is -4.22. The maximum atomic E-state index is 13.7. The third-order valence-electron chi connectivity index (χ3n) is 4.86. The number of nitrogen functional groups attached to an aromatic ring is 1. The number of nitriles is 1. The number of pyridine rings is 1. The third kappa shape index (κ3) is 6.73. The topological polar surface area (TPSA) is 108 Å². The average Bonchev–Trinajstić information content (AvgIpc) is 2.76. The second kappa shape index (κ2) is 10.9. The molecule has 1 aromatic carbocycles. The van der Waals surface area contributed by atoms with Crippen molar-refractivity contribution in [3.05, 3.63) is 35.5 Å². The van der Waals surface area contributed by atoms with E-state index in [9.17, 15) is 23.2 Å². The molecule has 178 valence electrons. The van der Waals surface area contributed by atoms with Crippen molar-refractivity contribution in [2.45, 2.75) is 12.6 Å². The van der Waals surface area contributed by atoms with E-state index >= 15 is 0 Å². The van der Waals surface area contributed by atoms with Gasteiger partial charge in [-0.1, -0.05) is 0 Å². The number of ether oxygens (including phenoxy) is 1. The predicted molar refractivity (Wildman–Crippen MR) is 120 cm³/mol. The summed E-state index contributed by atoms with van der Waals surface area (Å²) in [5.41, 5.74) is 5.67. The van der Waals surface area contributed by atoms with Crippen LogP contribution in [0.5, 0.6) is 5.75 Å². The maximum absolute atomic E-state index is 13.7. The minimum absolute atomic E-state index is 0.0471. The summed E-state index contributed by atoms with van der Waals surface area (Å²) in [4.78, 5) is 19.0. The summed E-state index contributed by atoms with van der Waals surface area (Å²) in [7, 11) is 6.65. The summed E-state index contributed by atoms with van der Waals surface area (Å²) in [5, 5.41) is 12.0. The number of benzene rings is 1. The average molecular weight is 464 g/mol. The number of hydrogen-bond acceptors (Lipinski definition) is 7. The van der Waals surface area contributed by atoms with Gasteiger partial charge in [0.25, 0.3) is 0 Å². The highest BCUT2D eigenvalue weighted by molar-refractivity contribution is 5.78. The van der Waals surface area contributed by atoms with E-state index in [1.807, 2.05) is 6.07 Å². The highest BCUT2D eigenvalue weighted by atomic mass is 19.4.